The number of aryl methyl sites for hydroxylation is 1. The van der Waals surface area contributed by atoms with E-state index in [1.807, 2.05) is 25.1 Å². The molecule has 25 heavy (non-hydrogen) atoms. The summed E-state index contributed by atoms with van der Waals surface area (Å²) in [6.07, 6.45) is 0.995. The summed E-state index contributed by atoms with van der Waals surface area (Å²) in [5.41, 5.74) is 5.51. The van der Waals surface area contributed by atoms with E-state index >= 15 is 0 Å². The molecule has 132 valence electrons. The highest BCUT2D eigenvalue weighted by atomic mass is 127. The molecule has 1 amide bonds. The zero-order valence-corrected chi connectivity index (χ0v) is 16.7. The van der Waals surface area contributed by atoms with Gasteiger partial charge in [0, 0.05) is 0 Å². The number of halogens is 1. The number of hydrogen-bond acceptors (Lipinski definition) is 4. The fourth-order valence-electron chi connectivity index (χ4n) is 2.09. The number of nitrogens with zero attached hydrogens (tertiary/aromatic N) is 1. The van der Waals surface area contributed by atoms with Crippen LogP contribution < -0.4 is 14.9 Å². The summed E-state index contributed by atoms with van der Waals surface area (Å²) < 4.78 is 11.5. The monoisotopic (exact) mass is 452 g/mol. The predicted octanol–water partition coefficient (Wildman–Crippen LogP) is 3.78. The summed E-state index contributed by atoms with van der Waals surface area (Å²) in [4.78, 5) is 11.9. The molecule has 0 aliphatic rings. The number of benzene rings is 2. The molecule has 0 saturated carbocycles. The Labute approximate surface area is 161 Å². The van der Waals surface area contributed by atoms with E-state index < -0.39 is 0 Å². The van der Waals surface area contributed by atoms with Gasteiger partial charge in [0.2, 0.25) is 0 Å². The van der Waals surface area contributed by atoms with E-state index in [4.69, 9.17) is 9.47 Å². The molecular formula is C19H21IN2O3. The van der Waals surface area contributed by atoms with Crippen LogP contribution in [0.5, 0.6) is 11.5 Å². The SMILES string of the molecule is CCc1ccc(/C(C)=N\NC(=O)COc2ccc(OC)cc2I)cc1. The van der Waals surface area contributed by atoms with Crippen molar-refractivity contribution >= 4 is 34.2 Å². The van der Waals surface area contributed by atoms with Gasteiger partial charge >= 0.3 is 0 Å². The second-order valence-electron chi connectivity index (χ2n) is 5.37. The number of methoxy groups -OCH3 is 1. The minimum Gasteiger partial charge on any atom is -0.497 e. The molecule has 0 aliphatic carbocycles. The van der Waals surface area contributed by atoms with Gasteiger partial charge in [-0.1, -0.05) is 31.2 Å². The third-order valence-electron chi connectivity index (χ3n) is 3.63. The van der Waals surface area contributed by atoms with Gasteiger partial charge in [-0.2, -0.15) is 5.10 Å². The molecule has 0 unspecified atom stereocenters. The van der Waals surface area contributed by atoms with E-state index in [1.165, 1.54) is 5.56 Å². The molecule has 1 N–H and O–H groups in total. The third kappa shape index (κ3) is 5.74. The van der Waals surface area contributed by atoms with E-state index in [-0.39, 0.29) is 12.5 Å². The van der Waals surface area contributed by atoms with Crippen LogP contribution in [-0.2, 0) is 11.2 Å². The number of hydrazone groups is 1. The van der Waals surface area contributed by atoms with E-state index in [1.54, 1.807) is 19.2 Å². The second kappa shape index (κ2) is 9.41. The first-order chi connectivity index (χ1) is 12.0. The lowest BCUT2D eigenvalue weighted by Crippen LogP contribution is -2.25. The van der Waals surface area contributed by atoms with Crippen molar-refractivity contribution in [3.63, 3.8) is 0 Å². The van der Waals surface area contributed by atoms with E-state index in [9.17, 15) is 4.79 Å². The highest BCUT2D eigenvalue weighted by molar-refractivity contribution is 14.1. The van der Waals surface area contributed by atoms with Crippen LogP contribution in [-0.4, -0.2) is 25.3 Å². The molecule has 2 aromatic carbocycles. The third-order valence-corrected chi connectivity index (χ3v) is 4.47. The fraction of sp³-hybridized carbons (Fsp3) is 0.263. The summed E-state index contributed by atoms with van der Waals surface area (Å²) in [5.74, 6) is 1.07. The van der Waals surface area contributed by atoms with Crippen LogP contribution in [0.2, 0.25) is 0 Å². The van der Waals surface area contributed by atoms with Gasteiger partial charge in [-0.05, 0) is 65.3 Å². The standard InChI is InChI=1S/C19H21IN2O3/c1-4-14-5-7-15(8-6-14)13(2)21-22-19(23)12-25-18-10-9-16(24-3)11-17(18)20/h5-11H,4,12H2,1-3H3,(H,22,23)/b21-13-. The minimum atomic E-state index is -0.309. The van der Waals surface area contributed by atoms with Crippen LogP contribution in [0.25, 0.3) is 0 Å². The molecule has 6 heteroatoms. The molecule has 0 radical (unpaired) electrons. The van der Waals surface area contributed by atoms with Gasteiger partial charge in [-0.25, -0.2) is 5.43 Å². The van der Waals surface area contributed by atoms with E-state index in [0.717, 1.165) is 27.0 Å². The molecule has 0 aromatic heterocycles. The molecule has 2 rings (SSSR count). The zero-order chi connectivity index (χ0) is 18.2. The highest BCUT2D eigenvalue weighted by Crippen LogP contribution is 2.25. The molecule has 0 saturated heterocycles. The van der Waals surface area contributed by atoms with Crippen molar-refractivity contribution in [1.29, 1.82) is 0 Å². The average molecular weight is 452 g/mol. The van der Waals surface area contributed by atoms with Crippen molar-refractivity contribution in [3.05, 3.63) is 57.2 Å². The molecule has 2 aromatic rings. The Balaban J connectivity index is 1.89. The minimum absolute atomic E-state index is 0.103. The van der Waals surface area contributed by atoms with Crippen molar-refractivity contribution in [2.45, 2.75) is 20.3 Å². The molecule has 5 nitrogen and oxygen atoms in total. The zero-order valence-electron chi connectivity index (χ0n) is 14.5. The van der Waals surface area contributed by atoms with Crippen molar-refractivity contribution in [1.82, 2.24) is 5.43 Å². The van der Waals surface area contributed by atoms with E-state index in [0.29, 0.717) is 5.75 Å². The van der Waals surface area contributed by atoms with Gasteiger partial charge in [-0.3, -0.25) is 4.79 Å². The summed E-state index contributed by atoms with van der Waals surface area (Å²) in [6.45, 7) is 3.86. The Morgan fingerprint density at radius 2 is 1.92 bits per heavy atom. The molecule has 0 heterocycles. The molecule has 0 atom stereocenters. The summed E-state index contributed by atoms with van der Waals surface area (Å²) >= 11 is 2.14. The normalized spacial score (nSPS) is 11.1. The topological polar surface area (TPSA) is 59.9 Å². The van der Waals surface area contributed by atoms with Gasteiger partial charge in [0.25, 0.3) is 5.91 Å². The lowest BCUT2D eigenvalue weighted by atomic mass is 10.1. The fourth-order valence-corrected chi connectivity index (χ4v) is 2.74. The first-order valence-corrected chi connectivity index (χ1v) is 9.00. The predicted molar refractivity (Wildman–Crippen MR) is 107 cm³/mol. The Hall–Kier alpha value is -2.09. The van der Waals surface area contributed by atoms with Crippen LogP contribution in [0.3, 0.4) is 0 Å². The van der Waals surface area contributed by atoms with Crippen LogP contribution >= 0.6 is 22.6 Å². The summed E-state index contributed by atoms with van der Waals surface area (Å²) in [6, 6.07) is 13.5. The number of hydrogen-bond donors (Lipinski definition) is 1. The van der Waals surface area contributed by atoms with Gasteiger partial charge in [0.05, 0.1) is 16.4 Å². The number of nitrogens with one attached hydrogen (secondary N) is 1. The van der Waals surface area contributed by atoms with Crippen LogP contribution in [0.4, 0.5) is 0 Å². The lowest BCUT2D eigenvalue weighted by molar-refractivity contribution is -0.123. The largest absolute Gasteiger partial charge is 0.497 e. The van der Waals surface area contributed by atoms with Gasteiger partial charge in [0.1, 0.15) is 11.5 Å². The average Bonchev–Trinajstić information content (AvgIpc) is 2.65. The van der Waals surface area contributed by atoms with E-state index in [2.05, 4.69) is 52.2 Å². The molecular weight excluding hydrogens is 431 g/mol. The molecule has 0 fully saturated rings. The first-order valence-electron chi connectivity index (χ1n) is 7.92. The van der Waals surface area contributed by atoms with Gasteiger partial charge < -0.3 is 9.47 Å². The summed E-state index contributed by atoms with van der Waals surface area (Å²) in [5, 5.41) is 4.13. The van der Waals surface area contributed by atoms with Crippen molar-refractivity contribution in [3.8, 4) is 11.5 Å². The van der Waals surface area contributed by atoms with Crippen LogP contribution in [0.15, 0.2) is 47.6 Å². The van der Waals surface area contributed by atoms with Crippen molar-refractivity contribution in [2.24, 2.45) is 5.10 Å². The van der Waals surface area contributed by atoms with Gasteiger partial charge in [0.15, 0.2) is 6.61 Å². The highest BCUT2D eigenvalue weighted by Gasteiger charge is 2.07. The number of amides is 1. The smallest absolute Gasteiger partial charge is 0.277 e. The lowest BCUT2D eigenvalue weighted by Gasteiger charge is -2.09. The molecule has 0 aliphatic heterocycles. The van der Waals surface area contributed by atoms with Gasteiger partial charge in [-0.15, -0.1) is 0 Å². The Morgan fingerprint density at radius 1 is 1.20 bits per heavy atom. The molecule has 0 spiro atoms. The quantitative estimate of drug-likeness (QED) is 0.395. The Morgan fingerprint density at radius 3 is 2.52 bits per heavy atom. The van der Waals surface area contributed by atoms with Crippen LogP contribution in [0, 0.1) is 3.57 Å². The molecule has 0 bridgehead atoms. The second-order valence-corrected chi connectivity index (χ2v) is 6.53. The van der Waals surface area contributed by atoms with Crippen LogP contribution in [0.1, 0.15) is 25.0 Å². The number of ether oxygens (including phenoxy) is 2. The van der Waals surface area contributed by atoms with Crippen molar-refractivity contribution < 1.29 is 14.3 Å². The maximum absolute atomic E-state index is 11.9. The number of carbonyl (C=O) groups excluding carboxylic acids is 1. The summed E-state index contributed by atoms with van der Waals surface area (Å²) in [7, 11) is 1.61. The Bertz CT molecular complexity index is 758. The number of rotatable bonds is 7. The Kier molecular flexibility index (Phi) is 7.24. The maximum Gasteiger partial charge on any atom is 0.277 e. The maximum atomic E-state index is 11.9. The number of carbonyl (C=O) groups is 1. The van der Waals surface area contributed by atoms with Crippen molar-refractivity contribution in [2.75, 3.05) is 13.7 Å². The first kappa shape index (κ1) is 19.2.